The van der Waals surface area contributed by atoms with Gasteiger partial charge in [0.1, 0.15) is 17.3 Å². The standard InChI is InChI=1S/C19H22N2O4.C3H6O.Cu.3NO3.Tb/c1-24-16-8-3-6-14(18(16)22)12-20-10-5-11-21-13-15-7-4-9-17(25-2)19(15)23;1-3(2)4;;3*2-1(3)4;/h3-4,6-9,12-13,22-23H,5,10-11H2,1-2H3;1-2H3;;;;;/q;;+2;3*-1;+3/p-2. The minimum Gasteiger partial charge on any atom is -0.870 e. The van der Waals surface area contributed by atoms with Gasteiger partial charge < -0.3 is 70.4 Å². The molecule has 0 atom stereocenters. The molecule has 0 heterocycles. The summed E-state index contributed by atoms with van der Waals surface area (Å²) >= 11 is 0. The third-order valence-electron chi connectivity index (χ3n) is 3.49. The van der Waals surface area contributed by atoms with Crippen LogP contribution >= 0.6 is 0 Å². The number of ether oxygens (including phenoxy) is 2. The molecule has 0 spiro atoms. The fourth-order valence-corrected chi connectivity index (χ4v) is 2.17. The fourth-order valence-electron chi connectivity index (χ4n) is 2.17. The van der Waals surface area contributed by atoms with Crippen LogP contribution in [-0.4, -0.2) is 60.8 Å². The van der Waals surface area contributed by atoms with Gasteiger partial charge in [0.25, 0.3) is 0 Å². The van der Waals surface area contributed by atoms with Crippen molar-refractivity contribution in [2.45, 2.75) is 20.3 Å². The van der Waals surface area contributed by atoms with Gasteiger partial charge in [-0.15, -0.1) is 0 Å². The Morgan fingerprint density at radius 3 is 1.21 bits per heavy atom. The second-order valence-electron chi connectivity index (χ2n) is 6.76. The molecule has 2 aromatic carbocycles. The van der Waals surface area contributed by atoms with E-state index in [4.69, 9.17) is 55.4 Å². The summed E-state index contributed by atoms with van der Waals surface area (Å²) in [6, 6.07) is 10.1. The molecule has 0 aromatic heterocycles. The predicted molar refractivity (Wildman–Crippen MR) is 142 cm³/mol. The zero-order chi connectivity index (χ0) is 32.4. The van der Waals surface area contributed by atoms with Gasteiger partial charge >= 0.3 is 55.7 Å². The first-order chi connectivity index (χ1) is 19.1. The molecule has 0 bridgehead atoms. The van der Waals surface area contributed by atoms with Crippen LogP contribution in [0.1, 0.15) is 31.4 Å². The first-order valence-electron chi connectivity index (χ1n) is 10.7. The van der Waals surface area contributed by atoms with Crippen molar-refractivity contribution in [2.75, 3.05) is 27.3 Å². The van der Waals surface area contributed by atoms with Crippen LogP contribution in [0.2, 0.25) is 0 Å². The smallest absolute Gasteiger partial charge is 0.870 e. The average molecular weight is 807 g/mol. The predicted octanol–water partition coefficient (Wildman–Crippen LogP) is 1.65. The van der Waals surface area contributed by atoms with E-state index in [0.717, 1.165) is 0 Å². The molecule has 0 aliphatic heterocycles. The second-order valence-corrected chi connectivity index (χ2v) is 6.76. The van der Waals surface area contributed by atoms with Crippen LogP contribution in [0.3, 0.4) is 0 Å². The van der Waals surface area contributed by atoms with Crippen LogP contribution in [0.5, 0.6) is 23.0 Å². The molecule has 0 aliphatic rings. The van der Waals surface area contributed by atoms with Crippen LogP contribution < -0.4 is 19.7 Å². The molecule has 1 radical (unpaired) electrons. The molecule has 0 fully saturated rings. The number of methoxy groups -OCH3 is 2. The number of para-hydroxylation sites is 2. The molecule has 43 heavy (non-hydrogen) atoms. The van der Waals surface area contributed by atoms with E-state index in [0.29, 0.717) is 42.1 Å². The van der Waals surface area contributed by atoms with E-state index in [1.807, 2.05) is 0 Å². The number of hydrogen-bond donors (Lipinski definition) is 0. The Morgan fingerprint density at radius 2 is 0.977 bits per heavy atom. The summed E-state index contributed by atoms with van der Waals surface area (Å²) in [7, 11) is 2.93. The maximum absolute atomic E-state index is 11.9. The van der Waals surface area contributed by atoms with Gasteiger partial charge in [0.15, 0.2) is 0 Å². The molecule has 19 nitrogen and oxygen atoms in total. The molecule has 0 N–H and O–H groups in total. The number of aliphatic imine (C=N–C) groups is 2. The molecule has 0 aliphatic carbocycles. The third-order valence-corrected chi connectivity index (χ3v) is 3.49. The van der Waals surface area contributed by atoms with Crippen LogP contribution in [0.4, 0.5) is 0 Å². The summed E-state index contributed by atoms with van der Waals surface area (Å²) < 4.78 is 9.97. The zero-order valence-corrected chi connectivity index (χ0v) is 25.9. The Balaban J connectivity index is -0.000000222. The van der Waals surface area contributed by atoms with Crippen molar-refractivity contribution >= 4 is 18.2 Å². The largest absolute Gasteiger partial charge is 3.00 e. The molecule has 0 saturated carbocycles. The van der Waals surface area contributed by atoms with E-state index < -0.39 is 15.3 Å². The Bertz CT molecular complexity index is 1030. The molecule has 2 aromatic rings. The fraction of sp³-hybridized carbons (Fsp3) is 0.318. The van der Waals surface area contributed by atoms with Gasteiger partial charge in [0.2, 0.25) is 0 Å². The second kappa shape index (κ2) is 31.0. The summed E-state index contributed by atoms with van der Waals surface area (Å²) in [5, 5.41) is 68.1. The summed E-state index contributed by atoms with van der Waals surface area (Å²) in [5.41, 5.74) is 0.991. The van der Waals surface area contributed by atoms with E-state index in [2.05, 4.69) is 9.98 Å². The monoisotopic (exact) mass is 806 g/mol. The number of carbonyl (C=O) groups excluding carboxylic acids is 1. The first kappa shape index (κ1) is 48.8. The maximum atomic E-state index is 11.9. The molecule has 0 saturated heterocycles. The number of hydrogen-bond acceptors (Lipinski definition) is 16. The Kier molecular flexibility index (Phi) is 35.2. The quantitative estimate of drug-likeness (QED) is 0.120. The van der Waals surface area contributed by atoms with Crippen molar-refractivity contribution in [1.29, 1.82) is 0 Å². The Morgan fingerprint density at radius 1 is 0.721 bits per heavy atom. The van der Waals surface area contributed by atoms with E-state index in [9.17, 15) is 15.0 Å². The van der Waals surface area contributed by atoms with Gasteiger partial charge in [-0.05, 0) is 43.5 Å². The van der Waals surface area contributed by atoms with E-state index in [1.165, 1.54) is 28.1 Å². The van der Waals surface area contributed by atoms with Crippen molar-refractivity contribution in [3.8, 4) is 23.0 Å². The van der Waals surface area contributed by atoms with Gasteiger partial charge in [0, 0.05) is 25.5 Å². The van der Waals surface area contributed by atoms with Crippen molar-refractivity contribution in [1.82, 2.24) is 0 Å². The molecule has 2 rings (SSSR count). The molecular formula is C22H26CuN5O14Tb. The van der Waals surface area contributed by atoms with Crippen LogP contribution in [0.25, 0.3) is 0 Å². The van der Waals surface area contributed by atoms with Crippen molar-refractivity contribution < 1.29 is 95.4 Å². The van der Waals surface area contributed by atoms with Crippen LogP contribution in [0.15, 0.2) is 46.4 Å². The summed E-state index contributed by atoms with van der Waals surface area (Å²) in [6.07, 6.45) is 3.81. The molecular weight excluding hydrogens is 781 g/mol. The minimum absolute atomic E-state index is 0. The van der Waals surface area contributed by atoms with E-state index in [1.54, 1.807) is 48.8 Å². The average Bonchev–Trinajstić information content (AvgIpc) is 2.84. The summed E-state index contributed by atoms with van der Waals surface area (Å²) in [6.45, 7) is 4.13. The maximum Gasteiger partial charge on any atom is 3.00 e. The van der Waals surface area contributed by atoms with Gasteiger partial charge in [-0.1, -0.05) is 35.8 Å². The van der Waals surface area contributed by atoms with Crippen LogP contribution in [-0.2, 0) is 21.9 Å². The number of nitrogens with zero attached hydrogens (tertiary/aromatic N) is 5. The number of carbonyl (C=O) groups is 1. The normalized spacial score (nSPS) is 8.84. The Hall–Kier alpha value is -3.94. The zero-order valence-electron chi connectivity index (χ0n) is 22.8. The number of rotatable bonds is 8. The number of Topliss-reactive ketones (excluding diaryl/α,β-unsaturated/α-hetero) is 1. The first-order valence-corrected chi connectivity index (χ1v) is 10.7. The number of benzene rings is 2. The van der Waals surface area contributed by atoms with Crippen molar-refractivity contribution in [3.05, 3.63) is 93.5 Å². The van der Waals surface area contributed by atoms with Crippen LogP contribution in [0, 0.1) is 84.6 Å². The molecule has 0 unspecified atom stereocenters. The van der Waals surface area contributed by atoms with Gasteiger partial charge in [-0.3, -0.25) is 9.98 Å². The summed E-state index contributed by atoms with van der Waals surface area (Å²) in [5.74, 6) is 0.432. The van der Waals surface area contributed by atoms with Crippen molar-refractivity contribution in [2.24, 2.45) is 9.98 Å². The third kappa shape index (κ3) is 34.2. The van der Waals surface area contributed by atoms with Crippen molar-refractivity contribution in [3.63, 3.8) is 0 Å². The van der Waals surface area contributed by atoms with E-state index in [-0.39, 0.29) is 73.0 Å². The SMILES string of the molecule is CC(C)=O.COc1cccc(C=NCCCN=Cc2cccc(OC)c2[O-])c1[O-].O=[N+]([O-])[O-].O=[N+]([O-])[O-].O=[N+]([O-])[O-].[Cu+2].[Tb+3]. The summed E-state index contributed by atoms with van der Waals surface area (Å²) in [4.78, 5) is 42.7. The number of ketones is 1. The molecule has 21 heteroatoms. The molecule has 243 valence electrons. The Labute approximate surface area is 286 Å². The van der Waals surface area contributed by atoms with Gasteiger partial charge in [-0.25, -0.2) is 0 Å². The topological polar surface area (TPSA) is 305 Å². The minimum atomic E-state index is -1.75. The molecule has 0 amide bonds. The van der Waals surface area contributed by atoms with Gasteiger partial charge in [0.05, 0.1) is 29.5 Å². The van der Waals surface area contributed by atoms with Gasteiger partial charge in [-0.2, -0.15) is 0 Å². The van der Waals surface area contributed by atoms with E-state index >= 15 is 0 Å².